The highest BCUT2D eigenvalue weighted by Crippen LogP contribution is 2.34. The van der Waals surface area contributed by atoms with Gasteiger partial charge in [-0.2, -0.15) is 0 Å². The lowest BCUT2D eigenvalue weighted by molar-refractivity contribution is 0.122. The highest BCUT2D eigenvalue weighted by molar-refractivity contribution is 8.00. The second-order valence-electron chi connectivity index (χ2n) is 7.06. The van der Waals surface area contributed by atoms with E-state index in [1.54, 1.807) is 17.7 Å². The van der Waals surface area contributed by atoms with E-state index in [0.29, 0.717) is 13.2 Å². The van der Waals surface area contributed by atoms with Crippen LogP contribution in [0.2, 0.25) is 0 Å². The van der Waals surface area contributed by atoms with Crippen molar-refractivity contribution in [1.29, 1.82) is 0 Å². The second-order valence-corrected chi connectivity index (χ2v) is 8.91. The number of aliphatic hydroxyl groups is 1. The fourth-order valence-corrected chi connectivity index (χ4v) is 5.01. The zero-order valence-electron chi connectivity index (χ0n) is 16.7. The van der Waals surface area contributed by atoms with E-state index in [-0.39, 0.29) is 6.61 Å². The lowest BCUT2D eigenvalue weighted by Gasteiger charge is -2.27. The Morgan fingerprint density at radius 1 is 1.10 bits per heavy atom. The Labute approximate surface area is 188 Å². The van der Waals surface area contributed by atoms with Crippen LogP contribution in [0, 0.1) is 0 Å². The molecule has 1 fully saturated rings. The molecule has 5 rings (SSSR count). The summed E-state index contributed by atoms with van der Waals surface area (Å²) in [7, 11) is 0. The molecule has 9 heteroatoms. The fraction of sp³-hybridized carbons (Fsp3) is 0.227. The molecule has 0 aliphatic carbocycles. The predicted octanol–water partition coefficient (Wildman–Crippen LogP) is 4.20. The number of ether oxygens (including phenoxy) is 1. The predicted molar refractivity (Wildman–Crippen MR) is 126 cm³/mol. The SMILES string of the molecule is OCc1cccc(SNc2ccc(-c3nc4c(N5CCOCC5)ncnc4s3)cc2)c1. The number of benzene rings is 2. The zero-order chi connectivity index (χ0) is 21.0. The molecule has 1 saturated heterocycles. The zero-order valence-corrected chi connectivity index (χ0v) is 18.3. The van der Waals surface area contributed by atoms with Gasteiger partial charge in [-0.1, -0.05) is 23.5 Å². The first kappa shape index (κ1) is 20.2. The van der Waals surface area contributed by atoms with E-state index in [9.17, 15) is 5.11 Å². The highest BCUT2D eigenvalue weighted by Gasteiger charge is 2.19. The highest BCUT2D eigenvalue weighted by atomic mass is 32.2. The molecule has 0 unspecified atom stereocenters. The second kappa shape index (κ2) is 9.19. The Morgan fingerprint density at radius 3 is 2.74 bits per heavy atom. The van der Waals surface area contributed by atoms with Crippen molar-refractivity contribution in [2.24, 2.45) is 0 Å². The van der Waals surface area contributed by atoms with Crippen LogP contribution in [0.3, 0.4) is 0 Å². The Hall–Kier alpha value is -2.72. The molecule has 0 spiro atoms. The van der Waals surface area contributed by atoms with Crippen LogP contribution >= 0.6 is 23.3 Å². The van der Waals surface area contributed by atoms with Crippen molar-refractivity contribution in [2.45, 2.75) is 11.5 Å². The molecule has 0 saturated carbocycles. The molecule has 2 aromatic heterocycles. The summed E-state index contributed by atoms with van der Waals surface area (Å²) in [5.74, 6) is 0.885. The summed E-state index contributed by atoms with van der Waals surface area (Å²) in [6, 6.07) is 16.0. The standard InChI is InChI=1S/C22H21N5O2S2/c28-13-15-2-1-3-18(12-15)31-26-17-6-4-16(5-7-17)21-25-19-20(23-14-24-22(19)30-21)27-8-10-29-11-9-27/h1-7,12,14,26,28H,8-11,13H2. The normalized spacial score (nSPS) is 14.2. The van der Waals surface area contributed by atoms with Crippen LogP contribution in [0.5, 0.6) is 0 Å². The molecule has 4 aromatic rings. The molecule has 31 heavy (non-hydrogen) atoms. The molecule has 2 N–H and O–H groups in total. The van der Waals surface area contributed by atoms with Gasteiger partial charge in [-0.15, -0.1) is 0 Å². The summed E-state index contributed by atoms with van der Waals surface area (Å²) < 4.78 is 8.80. The number of anilines is 2. The third kappa shape index (κ3) is 4.49. The van der Waals surface area contributed by atoms with E-state index in [4.69, 9.17) is 9.72 Å². The minimum Gasteiger partial charge on any atom is -0.392 e. The van der Waals surface area contributed by atoms with Crippen LogP contribution < -0.4 is 9.62 Å². The van der Waals surface area contributed by atoms with Gasteiger partial charge in [0, 0.05) is 29.2 Å². The van der Waals surface area contributed by atoms with Gasteiger partial charge in [0.05, 0.1) is 19.8 Å². The van der Waals surface area contributed by atoms with E-state index in [1.807, 2.05) is 36.4 Å². The molecule has 3 heterocycles. The molecule has 0 radical (unpaired) electrons. The number of thiazole rings is 1. The Morgan fingerprint density at radius 2 is 1.94 bits per heavy atom. The summed E-state index contributed by atoms with van der Waals surface area (Å²) in [5, 5.41) is 10.2. The maximum atomic E-state index is 9.28. The summed E-state index contributed by atoms with van der Waals surface area (Å²) in [6.45, 7) is 3.10. The maximum Gasteiger partial charge on any atom is 0.159 e. The van der Waals surface area contributed by atoms with Gasteiger partial charge in [-0.25, -0.2) is 15.0 Å². The number of hydrogen-bond donors (Lipinski definition) is 2. The largest absolute Gasteiger partial charge is 0.392 e. The van der Waals surface area contributed by atoms with Gasteiger partial charge in [0.25, 0.3) is 0 Å². The number of nitrogens with one attached hydrogen (secondary N) is 1. The lowest BCUT2D eigenvalue weighted by Crippen LogP contribution is -2.36. The van der Waals surface area contributed by atoms with Gasteiger partial charge in [-0.05, 0) is 53.9 Å². The van der Waals surface area contributed by atoms with Gasteiger partial charge in [0.2, 0.25) is 0 Å². The molecule has 1 aliphatic heterocycles. The third-order valence-electron chi connectivity index (χ3n) is 4.99. The lowest BCUT2D eigenvalue weighted by atomic mass is 10.2. The van der Waals surface area contributed by atoms with E-state index in [2.05, 4.69) is 31.7 Å². The van der Waals surface area contributed by atoms with Crippen molar-refractivity contribution in [2.75, 3.05) is 35.9 Å². The summed E-state index contributed by atoms with van der Waals surface area (Å²) in [6.07, 6.45) is 1.62. The Balaban J connectivity index is 1.33. The van der Waals surface area contributed by atoms with E-state index < -0.39 is 0 Å². The molecule has 7 nitrogen and oxygen atoms in total. The van der Waals surface area contributed by atoms with Gasteiger partial charge >= 0.3 is 0 Å². The first-order chi connectivity index (χ1) is 15.3. The molecule has 0 amide bonds. The average molecular weight is 452 g/mol. The van der Waals surface area contributed by atoms with Crippen molar-refractivity contribution in [3.8, 4) is 10.6 Å². The van der Waals surface area contributed by atoms with E-state index >= 15 is 0 Å². The summed E-state index contributed by atoms with van der Waals surface area (Å²) in [4.78, 5) is 17.9. The fourth-order valence-electron chi connectivity index (χ4n) is 3.38. The van der Waals surface area contributed by atoms with Crippen LogP contribution in [0.1, 0.15) is 5.56 Å². The van der Waals surface area contributed by atoms with Gasteiger partial charge < -0.3 is 19.5 Å². The first-order valence-electron chi connectivity index (χ1n) is 9.97. The van der Waals surface area contributed by atoms with Gasteiger partial charge in [0.1, 0.15) is 21.7 Å². The van der Waals surface area contributed by atoms with Crippen LogP contribution in [-0.2, 0) is 11.3 Å². The monoisotopic (exact) mass is 451 g/mol. The Kier molecular flexibility index (Phi) is 5.99. The quantitative estimate of drug-likeness (QED) is 0.422. The number of nitrogens with zero attached hydrogens (tertiary/aromatic N) is 4. The molecule has 0 atom stereocenters. The number of hydrogen-bond acceptors (Lipinski definition) is 9. The number of morpholine rings is 1. The Bertz CT molecular complexity index is 1180. The third-order valence-corrected chi connectivity index (χ3v) is 6.83. The minimum atomic E-state index is 0.0445. The minimum absolute atomic E-state index is 0.0445. The summed E-state index contributed by atoms with van der Waals surface area (Å²) >= 11 is 3.10. The molecular weight excluding hydrogens is 430 g/mol. The average Bonchev–Trinajstić information content (AvgIpc) is 3.28. The molecule has 0 bridgehead atoms. The van der Waals surface area contributed by atoms with Crippen LogP contribution in [0.4, 0.5) is 11.5 Å². The van der Waals surface area contributed by atoms with Crippen LogP contribution in [-0.4, -0.2) is 46.4 Å². The molecule has 2 aromatic carbocycles. The van der Waals surface area contributed by atoms with Crippen molar-refractivity contribution in [1.82, 2.24) is 15.0 Å². The van der Waals surface area contributed by atoms with Gasteiger partial charge in [-0.3, -0.25) is 0 Å². The van der Waals surface area contributed by atoms with Gasteiger partial charge in [0.15, 0.2) is 5.82 Å². The van der Waals surface area contributed by atoms with Crippen molar-refractivity contribution < 1.29 is 9.84 Å². The van der Waals surface area contributed by atoms with Crippen LogP contribution in [0.15, 0.2) is 59.8 Å². The number of fused-ring (bicyclic) bond motifs is 1. The van der Waals surface area contributed by atoms with Crippen molar-refractivity contribution in [3.63, 3.8) is 0 Å². The van der Waals surface area contributed by atoms with Crippen molar-refractivity contribution in [3.05, 3.63) is 60.4 Å². The molecule has 1 aliphatic rings. The van der Waals surface area contributed by atoms with E-state index in [0.717, 1.165) is 56.0 Å². The number of aliphatic hydroxyl groups excluding tert-OH is 1. The smallest absolute Gasteiger partial charge is 0.159 e. The first-order valence-corrected chi connectivity index (χ1v) is 11.6. The molecular formula is C22H21N5O2S2. The number of rotatable bonds is 6. The van der Waals surface area contributed by atoms with Crippen molar-refractivity contribution >= 4 is 45.1 Å². The number of aromatic nitrogens is 3. The van der Waals surface area contributed by atoms with Crippen LogP contribution in [0.25, 0.3) is 20.9 Å². The topological polar surface area (TPSA) is 83.4 Å². The van der Waals surface area contributed by atoms with E-state index in [1.165, 1.54) is 11.9 Å². The maximum absolute atomic E-state index is 9.28. The summed E-state index contributed by atoms with van der Waals surface area (Å²) in [5.41, 5.74) is 3.80. The molecule has 158 valence electrons.